The van der Waals surface area contributed by atoms with E-state index in [1.807, 2.05) is 32.3 Å². The molecule has 8 nitrogen and oxygen atoms in total. The summed E-state index contributed by atoms with van der Waals surface area (Å²) in [6.45, 7) is 5.62. The molecule has 0 aliphatic carbocycles. The molecule has 0 spiro atoms. The highest BCUT2D eigenvalue weighted by Crippen LogP contribution is 2.19. The number of nitrogens with one attached hydrogen (secondary N) is 2. The van der Waals surface area contributed by atoms with Crippen LogP contribution in [0.3, 0.4) is 0 Å². The first-order chi connectivity index (χ1) is 11.5. The summed E-state index contributed by atoms with van der Waals surface area (Å²) >= 11 is 0. The number of rotatable bonds is 6. The Balaban J connectivity index is 2.08. The Bertz CT molecular complexity index is 925. The molecule has 3 aromatic heterocycles. The van der Waals surface area contributed by atoms with E-state index in [4.69, 9.17) is 0 Å². The van der Waals surface area contributed by atoms with E-state index in [2.05, 4.69) is 30.2 Å². The van der Waals surface area contributed by atoms with Crippen LogP contribution in [0, 0.1) is 6.92 Å². The monoisotopic (exact) mass is 329 g/mol. The van der Waals surface area contributed by atoms with Crippen LogP contribution < -0.4 is 10.9 Å². The molecule has 3 aromatic rings. The summed E-state index contributed by atoms with van der Waals surface area (Å²) < 4.78 is 1.84. The van der Waals surface area contributed by atoms with Crippen molar-refractivity contribution in [1.29, 1.82) is 0 Å². The lowest BCUT2D eigenvalue weighted by atomic mass is 10.3. The first kappa shape index (κ1) is 16.4. The van der Waals surface area contributed by atoms with Gasteiger partial charge in [0.25, 0.3) is 5.56 Å². The number of nitrogens with zero attached hydrogens (tertiary/aromatic N) is 5. The summed E-state index contributed by atoms with van der Waals surface area (Å²) in [5.74, 6) is 1.47. The van der Waals surface area contributed by atoms with E-state index >= 15 is 0 Å². The number of aromatic amines is 1. The van der Waals surface area contributed by atoms with Crippen molar-refractivity contribution in [3.8, 4) is 0 Å². The van der Waals surface area contributed by atoms with Crippen LogP contribution in [0.4, 0.5) is 5.82 Å². The van der Waals surface area contributed by atoms with E-state index in [1.54, 1.807) is 0 Å². The summed E-state index contributed by atoms with van der Waals surface area (Å²) in [4.78, 5) is 30.7. The Morgan fingerprint density at radius 2 is 2.12 bits per heavy atom. The van der Waals surface area contributed by atoms with E-state index in [9.17, 15) is 4.79 Å². The van der Waals surface area contributed by atoms with Gasteiger partial charge in [-0.05, 0) is 34.0 Å². The number of imidazole rings is 1. The number of hydrogen-bond donors (Lipinski definition) is 2. The summed E-state index contributed by atoms with van der Waals surface area (Å²) in [5.41, 5.74) is 2.39. The maximum atomic E-state index is 12.5. The average Bonchev–Trinajstić information content (AvgIpc) is 2.89. The minimum Gasteiger partial charge on any atom is -0.368 e. The number of fused-ring (bicyclic) bond motifs is 3. The Kier molecular flexibility index (Phi) is 4.48. The van der Waals surface area contributed by atoms with Crippen molar-refractivity contribution in [2.24, 2.45) is 0 Å². The summed E-state index contributed by atoms with van der Waals surface area (Å²) in [7, 11) is 4.09. The Morgan fingerprint density at radius 3 is 2.83 bits per heavy atom. The molecular weight excluding hydrogens is 306 g/mol. The smallest absolute Gasteiger partial charge is 0.274 e. The lowest BCUT2D eigenvalue weighted by Crippen LogP contribution is -2.18. The molecule has 128 valence electrons. The van der Waals surface area contributed by atoms with Crippen LogP contribution in [0.25, 0.3) is 16.7 Å². The van der Waals surface area contributed by atoms with Crippen molar-refractivity contribution < 1.29 is 0 Å². The molecule has 0 saturated heterocycles. The van der Waals surface area contributed by atoms with Gasteiger partial charge in [-0.1, -0.05) is 6.92 Å². The molecule has 0 saturated carbocycles. The van der Waals surface area contributed by atoms with Crippen molar-refractivity contribution in [3.05, 3.63) is 28.2 Å². The molecule has 0 aliphatic rings. The van der Waals surface area contributed by atoms with Crippen LogP contribution in [-0.2, 0) is 6.42 Å². The van der Waals surface area contributed by atoms with E-state index in [0.717, 1.165) is 31.8 Å². The summed E-state index contributed by atoms with van der Waals surface area (Å²) in [5, 5.41) is 3.30. The minimum atomic E-state index is -0.168. The van der Waals surface area contributed by atoms with Crippen LogP contribution in [-0.4, -0.2) is 56.4 Å². The first-order valence-corrected chi connectivity index (χ1v) is 8.16. The van der Waals surface area contributed by atoms with Gasteiger partial charge in [0.1, 0.15) is 23.2 Å². The fourth-order valence-corrected chi connectivity index (χ4v) is 2.89. The maximum absolute atomic E-state index is 12.5. The number of hydrogen-bond acceptors (Lipinski definition) is 6. The number of anilines is 1. The zero-order valence-corrected chi connectivity index (χ0v) is 14.6. The predicted molar refractivity (Wildman–Crippen MR) is 94.7 cm³/mol. The van der Waals surface area contributed by atoms with Gasteiger partial charge in [0.05, 0.1) is 5.69 Å². The van der Waals surface area contributed by atoms with Gasteiger partial charge in [-0.3, -0.25) is 9.20 Å². The first-order valence-electron chi connectivity index (χ1n) is 8.16. The molecule has 0 aromatic carbocycles. The van der Waals surface area contributed by atoms with Crippen molar-refractivity contribution in [3.63, 3.8) is 0 Å². The molecule has 0 amide bonds. The molecule has 0 bridgehead atoms. The van der Waals surface area contributed by atoms with Crippen LogP contribution in [0.5, 0.6) is 0 Å². The molecule has 24 heavy (non-hydrogen) atoms. The fourth-order valence-electron chi connectivity index (χ4n) is 2.89. The van der Waals surface area contributed by atoms with Gasteiger partial charge in [0, 0.05) is 13.0 Å². The topological polar surface area (TPSA) is 91.2 Å². The lowest BCUT2D eigenvalue weighted by Gasteiger charge is -2.12. The molecule has 0 fully saturated rings. The third-order valence-corrected chi connectivity index (χ3v) is 4.00. The molecule has 0 aliphatic heterocycles. The molecular formula is C16H23N7O. The minimum absolute atomic E-state index is 0.168. The van der Waals surface area contributed by atoms with Crippen LogP contribution in [0.2, 0.25) is 0 Å². The molecule has 0 unspecified atom stereocenters. The molecule has 8 heteroatoms. The van der Waals surface area contributed by atoms with Crippen LogP contribution >= 0.6 is 0 Å². The highest BCUT2D eigenvalue weighted by atomic mass is 16.1. The fraction of sp³-hybridized carbons (Fsp3) is 0.500. The average molecular weight is 329 g/mol. The van der Waals surface area contributed by atoms with E-state index in [1.165, 1.54) is 6.33 Å². The second-order valence-electron chi connectivity index (χ2n) is 6.11. The lowest BCUT2D eigenvalue weighted by molar-refractivity contribution is 0.405. The SMILES string of the molecule is CCc1nc(C)c2c(=O)[nH]c3c(NCCCN(C)C)ncnc3n12. The molecule has 2 N–H and O–H groups in total. The normalized spacial score (nSPS) is 11.7. The van der Waals surface area contributed by atoms with E-state index in [0.29, 0.717) is 28.2 Å². The Hall–Kier alpha value is -2.48. The van der Waals surface area contributed by atoms with Gasteiger partial charge in [-0.25, -0.2) is 15.0 Å². The van der Waals surface area contributed by atoms with Crippen LogP contribution in [0.1, 0.15) is 24.9 Å². The molecule has 0 atom stereocenters. The second kappa shape index (κ2) is 6.56. The number of H-pyrrole nitrogens is 1. The molecule has 0 radical (unpaired) electrons. The Labute approximate surface area is 140 Å². The zero-order valence-electron chi connectivity index (χ0n) is 14.6. The van der Waals surface area contributed by atoms with Gasteiger partial charge in [0.15, 0.2) is 11.5 Å². The van der Waals surface area contributed by atoms with Crippen molar-refractivity contribution in [1.82, 2.24) is 29.2 Å². The number of aryl methyl sites for hydroxylation is 2. The van der Waals surface area contributed by atoms with Gasteiger partial charge in [-0.15, -0.1) is 0 Å². The third kappa shape index (κ3) is 2.84. The van der Waals surface area contributed by atoms with Crippen molar-refractivity contribution in [2.75, 3.05) is 32.5 Å². The van der Waals surface area contributed by atoms with E-state index in [-0.39, 0.29) is 5.56 Å². The quantitative estimate of drug-likeness (QED) is 0.660. The largest absolute Gasteiger partial charge is 0.368 e. The molecule has 3 rings (SSSR count). The van der Waals surface area contributed by atoms with Crippen molar-refractivity contribution >= 4 is 22.5 Å². The maximum Gasteiger partial charge on any atom is 0.274 e. The highest BCUT2D eigenvalue weighted by molar-refractivity contribution is 5.84. The highest BCUT2D eigenvalue weighted by Gasteiger charge is 2.16. The van der Waals surface area contributed by atoms with E-state index < -0.39 is 0 Å². The standard InChI is InChI=1S/C16H23N7O/c1-5-11-20-10(2)13-16(24)21-12-14(17-7-6-8-22(3)4)18-9-19-15(12)23(11)13/h9H,5-8H2,1-4H3,(H,21,24)(H,17,18,19). The second-order valence-corrected chi connectivity index (χ2v) is 6.11. The van der Waals surface area contributed by atoms with Gasteiger partial charge in [0.2, 0.25) is 0 Å². The summed E-state index contributed by atoms with van der Waals surface area (Å²) in [6, 6.07) is 0. The van der Waals surface area contributed by atoms with Gasteiger partial charge in [-0.2, -0.15) is 0 Å². The van der Waals surface area contributed by atoms with Crippen LogP contribution in [0.15, 0.2) is 11.1 Å². The van der Waals surface area contributed by atoms with Gasteiger partial charge < -0.3 is 15.2 Å². The van der Waals surface area contributed by atoms with Crippen molar-refractivity contribution in [2.45, 2.75) is 26.7 Å². The predicted octanol–water partition coefficient (Wildman–Crippen LogP) is 1.20. The van der Waals surface area contributed by atoms with Gasteiger partial charge >= 0.3 is 0 Å². The molecule has 3 heterocycles. The third-order valence-electron chi connectivity index (χ3n) is 4.00. The Morgan fingerprint density at radius 1 is 1.33 bits per heavy atom. The summed E-state index contributed by atoms with van der Waals surface area (Å²) in [6.07, 6.45) is 3.22. The number of aromatic nitrogens is 5. The zero-order chi connectivity index (χ0) is 17.3.